The number of anilines is 1. The largest absolute Gasteiger partial charge is 0.495 e. The topological polar surface area (TPSA) is 88.6 Å². The molecule has 0 bridgehead atoms. The Labute approximate surface area is 147 Å². The molecule has 1 N–H and O–H groups in total. The molecule has 8 heteroatoms. The number of carbonyl (C=O) groups is 1. The fraction of sp³-hybridized carbons (Fsp3) is 0.294. The molecule has 7 nitrogen and oxygen atoms in total. The molecule has 1 aromatic carbocycles. The summed E-state index contributed by atoms with van der Waals surface area (Å²) < 4.78 is 33.0. The van der Waals surface area contributed by atoms with Gasteiger partial charge in [-0.1, -0.05) is 12.1 Å². The second kappa shape index (κ2) is 7.52. The van der Waals surface area contributed by atoms with Crippen LogP contribution in [0.5, 0.6) is 5.75 Å². The molecule has 0 saturated heterocycles. The van der Waals surface area contributed by atoms with E-state index < -0.39 is 10.0 Å². The summed E-state index contributed by atoms with van der Waals surface area (Å²) in [5, 5.41) is 0. The molecule has 0 aliphatic rings. The molecule has 1 aromatic heterocycles. The Hall–Kier alpha value is -2.61. The van der Waals surface area contributed by atoms with Crippen molar-refractivity contribution in [3.8, 4) is 5.75 Å². The van der Waals surface area contributed by atoms with Crippen molar-refractivity contribution in [2.75, 3.05) is 18.9 Å². The van der Waals surface area contributed by atoms with E-state index in [0.717, 1.165) is 0 Å². The van der Waals surface area contributed by atoms with Crippen LogP contribution >= 0.6 is 0 Å². The molecule has 0 aliphatic carbocycles. The van der Waals surface area contributed by atoms with Crippen LogP contribution in [0.3, 0.4) is 0 Å². The lowest BCUT2D eigenvalue weighted by Gasteiger charge is -2.22. The quantitative estimate of drug-likeness (QED) is 0.851. The number of rotatable bonds is 6. The molecule has 0 fully saturated rings. The summed E-state index contributed by atoms with van der Waals surface area (Å²) in [6.45, 7) is 3.71. The molecule has 0 radical (unpaired) electrons. The number of carbonyl (C=O) groups excluding carboxylic acids is 1. The number of aromatic nitrogens is 1. The van der Waals surface area contributed by atoms with E-state index in [0.29, 0.717) is 5.75 Å². The highest BCUT2D eigenvalue weighted by Crippen LogP contribution is 2.22. The van der Waals surface area contributed by atoms with E-state index in [9.17, 15) is 13.2 Å². The number of hydrogen-bond donors (Lipinski definition) is 1. The first-order valence-corrected chi connectivity index (χ1v) is 9.12. The molecule has 1 amide bonds. The van der Waals surface area contributed by atoms with Crippen molar-refractivity contribution in [1.29, 1.82) is 0 Å². The van der Waals surface area contributed by atoms with Gasteiger partial charge in [0.05, 0.1) is 30.8 Å². The molecular formula is C17H21N3O4S. The summed E-state index contributed by atoms with van der Waals surface area (Å²) >= 11 is 0. The van der Waals surface area contributed by atoms with Gasteiger partial charge in [0.15, 0.2) is 0 Å². The van der Waals surface area contributed by atoms with Gasteiger partial charge in [0.25, 0.3) is 15.9 Å². The first-order valence-electron chi connectivity index (χ1n) is 7.64. The van der Waals surface area contributed by atoms with E-state index in [-0.39, 0.29) is 28.1 Å². The van der Waals surface area contributed by atoms with Gasteiger partial charge in [-0.3, -0.25) is 14.5 Å². The van der Waals surface area contributed by atoms with Gasteiger partial charge < -0.3 is 9.64 Å². The minimum atomic E-state index is -3.97. The molecule has 0 unspecified atom stereocenters. The summed E-state index contributed by atoms with van der Waals surface area (Å²) in [4.78, 5) is 17.9. The number of amides is 1. The fourth-order valence-electron chi connectivity index (χ4n) is 2.10. The number of nitrogens with zero attached hydrogens (tertiary/aromatic N) is 2. The van der Waals surface area contributed by atoms with Gasteiger partial charge in [0.2, 0.25) is 0 Å². The number of nitrogens with one attached hydrogen (secondary N) is 1. The highest BCUT2D eigenvalue weighted by atomic mass is 32.2. The van der Waals surface area contributed by atoms with Gasteiger partial charge in [-0.15, -0.1) is 0 Å². The third-order valence-electron chi connectivity index (χ3n) is 3.70. The Bertz CT molecular complexity index is 866. The van der Waals surface area contributed by atoms with Crippen molar-refractivity contribution in [3.63, 3.8) is 0 Å². The number of ether oxygens (including phenoxy) is 1. The van der Waals surface area contributed by atoms with Gasteiger partial charge in [0, 0.05) is 19.2 Å². The third kappa shape index (κ3) is 4.27. The summed E-state index contributed by atoms with van der Waals surface area (Å²) in [6.07, 6.45) is 2.83. The van der Waals surface area contributed by atoms with Gasteiger partial charge in [-0.25, -0.2) is 8.42 Å². The standard InChI is InChI=1S/C17H21N3O4S/c1-12(2)20(3)17(21)15-7-5-6-8-16(15)25(22,23)19-13-9-14(24-4)11-18-10-13/h5-12,19H,1-4H3. The van der Waals surface area contributed by atoms with Crippen LogP contribution in [0.2, 0.25) is 0 Å². The van der Waals surface area contributed by atoms with Crippen molar-refractivity contribution in [3.05, 3.63) is 48.3 Å². The first-order chi connectivity index (χ1) is 11.8. The Morgan fingerprint density at radius 3 is 2.56 bits per heavy atom. The van der Waals surface area contributed by atoms with E-state index in [2.05, 4.69) is 9.71 Å². The van der Waals surface area contributed by atoms with E-state index in [4.69, 9.17) is 4.74 Å². The Kier molecular flexibility index (Phi) is 5.63. The molecule has 0 aliphatic heterocycles. The van der Waals surface area contributed by atoms with Crippen LogP contribution in [0.25, 0.3) is 0 Å². The number of pyridine rings is 1. The maximum atomic E-state index is 12.8. The second-order valence-electron chi connectivity index (χ2n) is 5.72. The van der Waals surface area contributed by atoms with E-state index >= 15 is 0 Å². The zero-order chi connectivity index (χ0) is 18.6. The lowest BCUT2D eigenvalue weighted by atomic mass is 10.2. The average molecular weight is 363 g/mol. The van der Waals surface area contributed by atoms with Crippen LogP contribution in [-0.2, 0) is 10.0 Å². The van der Waals surface area contributed by atoms with Gasteiger partial charge in [-0.05, 0) is 26.0 Å². The zero-order valence-corrected chi connectivity index (χ0v) is 15.4. The van der Waals surface area contributed by atoms with Crippen LogP contribution in [-0.4, -0.2) is 44.4 Å². The summed E-state index contributed by atoms with van der Waals surface area (Å²) in [5.41, 5.74) is 0.362. The fourth-order valence-corrected chi connectivity index (χ4v) is 3.33. The van der Waals surface area contributed by atoms with Gasteiger partial charge >= 0.3 is 0 Å². The Morgan fingerprint density at radius 1 is 1.24 bits per heavy atom. The van der Waals surface area contributed by atoms with Gasteiger partial charge in [0.1, 0.15) is 10.6 Å². The van der Waals surface area contributed by atoms with Crippen LogP contribution in [0, 0.1) is 0 Å². The minimum Gasteiger partial charge on any atom is -0.495 e. The molecule has 0 saturated carbocycles. The molecule has 1 heterocycles. The monoisotopic (exact) mass is 363 g/mol. The molecular weight excluding hydrogens is 342 g/mol. The summed E-state index contributed by atoms with van der Waals surface area (Å²) in [6, 6.07) is 7.56. The molecule has 134 valence electrons. The third-order valence-corrected chi connectivity index (χ3v) is 5.14. The number of hydrogen-bond acceptors (Lipinski definition) is 5. The molecule has 25 heavy (non-hydrogen) atoms. The molecule has 2 aromatic rings. The number of methoxy groups -OCH3 is 1. The summed E-state index contributed by atoms with van der Waals surface area (Å²) in [7, 11) is -0.868. The lowest BCUT2D eigenvalue weighted by molar-refractivity contribution is 0.0751. The predicted octanol–water partition coefficient (Wildman–Crippen LogP) is 2.37. The predicted molar refractivity (Wildman–Crippen MR) is 95.3 cm³/mol. The maximum absolute atomic E-state index is 12.8. The zero-order valence-electron chi connectivity index (χ0n) is 14.6. The molecule has 2 rings (SSSR count). The van der Waals surface area contributed by atoms with Crippen LogP contribution in [0.1, 0.15) is 24.2 Å². The van der Waals surface area contributed by atoms with Crippen molar-refractivity contribution < 1.29 is 17.9 Å². The van der Waals surface area contributed by atoms with Crippen LogP contribution < -0.4 is 9.46 Å². The van der Waals surface area contributed by atoms with E-state index in [1.807, 2.05) is 13.8 Å². The van der Waals surface area contributed by atoms with E-state index in [1.165, 1.54) is 42.6 Å². The SMILES string of the molecule is COc1cncc(NS(=O)(=O)c2ccccc2C(=O)N(C)C(C)C)c1. The summed E-state index contributed by atoms with van der Waals surface area (Å²) in [5.74, 6) is 0.0591. The van der Waals surface area contributed by atoms with Crippen LogP contribution in [0.4, 0.5) is 5.69 Å². The Balaban J connectivity index is 2.41. The second-order valence-corrected chi connectivity index (χ2v) is 7.38. The lowest BCUT2D eigenvalue weighted by Crippen LogP contribution is -2.34. The Morgan fingerprint density at radius 2 is 1.92 bits per heavy atom. The van der Waals surface area contributed by atoms with E-state index in [1.54, 1.807) is 19.2 Å². The smallest absolute Gasteiger partial charge is 0.262 e. The molecule has 0 spiro atoms. The van der Waals surface area contributed by atoms with Crippen LogP contribution in [0.15, 0.2) is 47.6 Å². The highest BCUT2D eigenvalue weighted by molar-refractivity contribution is 7.92. The average Bonchev–Trinajstić information content (AvgIpc) is 2.60. The number of benzene rings is 1. The number of sulfonamides is 1. The van der Waals surface area contributed by atoms with Crippen molar-refractivity contribution >= 4 is 21.6 Å². The minimum absolute atomic E-state index is 0.0567. The van der Waals surface area contributed by atoms with Gasteiger partial charge in [-0.2, -0.15) is 0 Å². The first kappa shape index (κ1) is 18.7. The van der Waals surface area contributed by atoms with Crippen molar-refractivity contribution in [2.45, 2.75) is 24.8 Å². The van der Waals surface area contributed by atoms with Crippen molar-refractivity contribution in [1.82, 2.24) is 9.88 Å². The normalized spacial score (nSPS) is 11.2. The molecule has 0 atom stereocenters. The maximum Gasteiger partial charge on any atom is 0.262 e. The van der Waals surface area contributed by atoms with Crippen molar-refractivity contribution in [2.24, 2.45) is 0 Å². The highest BCUT2D eigenvalue weighted by Gasteiger charge is 2.25.